The fourth-order valence-electron chi connectivity index (χ4n) is 2.54. The number of benzene rings is 1. The van der Waals surface area contributed by atoms with Gasteiger partial charge in [0.15, 0.2) is 5.69 Å². The van der Waals surface area contributed by atoms with Crippen LogP contribution in [0.25, 0.3) is 5.65 Å². The zero-order chi connectivity index (χ0) is 18.0. The Morgan fingerprint density at radius 3 is 2.44 bits per heavy atom. The van der Waals surface area contributed by atoms with Crippen molar-refractivity contribution < 1.29 is 14.3 Å². The van der Waals surface area contributed by atoms with Gasteiger partial charge in [-0.2, -0.15) is 0 Å². The summed E-state index contributed by atoms with van der Waals surface area (Å²) >= 11 is 0. The SMILES string of the molecule is Cc1cccc2nc(C(=O)O[C@@H](C(=O)N(C)C)c3ccccc3)cn12. The second-order valence-corrected chi connectivity index (χ2v) is 5.95. The quantitative estimate of drug-likeness (QED) is 0.687. The number of esters is 1. The average Bonchev–Trinajstić information content (AvgIpc) is 3.05. The van der Waals surface area contributed by atoms with Crippen LogP contribution in [-0.2, 0) is 9.53 Å². The minimum Gasteiger partial charge on any atom is -0.443 e. The number of ether oxygens (including phenoxy) is 1. The first-order valence-electron chi connectivity index (χ1n) is 7.89. The Morgan fingerprint density at radius 1 is 1.08 bits per heavy atom. The van der Waals surface area contributed by atoms with Crippen molar-refractivity contribution >= 4 is 17.5 Å². The van der Waals surface area contributed by atoms with Crippen molar-refractivity contribution in [3.63, 3.8) is 0 Å². The minimum atomic E-state index is -1.00. The molecule has 1 aromatic carbocycles. The maximum absolute atomic E-state index is 12.6. The Balaban J connectivity index is 1.91. The summed E-state index contributed by atoms with van der Waals surface area (Å²) in [5, 5.41) is 0. The molecule has 1 amide bonds. The van der Waals surface area contributed by atoms with E-state index in [1.165, 1.54) is 4.90 Å². The highest BCUT2D eigenvalue weighted by atomic mass is 16.5. The average molecular weight is 337 g/mol. The number of imidazole rings is 1. The number of pyridine rings is 1. The van der Waals surface area contributed by atoms with Gasteiger partial charge in [-0.05, 0) is 19.1 Å². The first kappa shape index (κ1) is 16.7. The highest BCUT2D eigenvalue weighted by molar-refractivity contribution is 5.91. The van der Waals surface area contributed by atoms with Gasteiger partial charge in [0.2, 0.25) is 6.10 Å². The fraction of sp³-hybridized carbons (Fsp3) is 0.211. The molecule has 0 fully saturated rings. The topological polar surface area (TPSA) is 63.9 Å². The molecule has 0 N–H and O–H groups in total. The lowest BCUT2D eigenvalue weighted by Gasteiger charge is -2.20. The lowest BCUT2D eigenvalue weighted by molar-refractivity contribution is -0.138. The van der Waals surface area contributed by atoms with Gasteiger partial charge in [-0.1, -0.05) is 36.4 Å². The third kappa shape index (κ3) is 3.38. The van der Waals surface area contributed by atoms with Crippen molar-refractivity contribution in [3.05, 3.63) is 71.7 Å². The summed E-state index contributed by atoms with van der Waals surface area (Å²) in [7, 11) is 3.25. The van der Waals surface area contributed by atoms with Gasteiger partial charge >= 0.3 is 5.97 Å². The van der Waals surface area contributed by atoms with E-state index in [1.54, 1.807) is 44.6 Å². The van der Waals surface area contributed by atoms with Crippen LogP contribution in [0.2, 0.25) is 0 Å². The van der Waals surface area contributed by atoms with E-state index in [-0.39, 0.29) is 11.6 Å². The highest BCUT2D eigenvalue weighted by Crippen LogP contribution is 2.21. The van der Waals surface area contributed by atoms with Gasteiger partial charge in [-0.15, -0.1) is 0 Å². The van der Waals surface area contributed by atoms with Crippen LogP contribution in [0.4, 0.5) is 0 Å². The maximum Gasteiger partial charge on any atom is 0.359 e. The second-order valence-electron chi connectivity index (χ2n) is 5.95. The monoisotopic (exact) mass is 337 g/mol. The number of amides is 1. The molecule has 0 unspecified atom stereocenters. The zero-order valence-corrected chi connectivity index (χ0v) is 14.3. The molecule has 6 nitrogen and oxygen atoms in total. The third-order valence-corrected chi connectivity index (χ3v) is 3.90. The number of aromatic nitrogens is 2. The number of aryl methyl sites for hydroxylation is 1. The van der Waals surface area contributed by atoms with Crippen molar-refractivity contribution in [2.45, 2.75) is 13.0 Å². The van der Waals surface area contributed by atoms with Gasteiger partial charge in [0, 0.05) is 31.5 Å². The van der Waals surface area contributed by atoms with Crippen molar-refractivity contribution in [2.24, 2.45) is 0 Å². The van der Waals surface area contributed by atoms with E-state index in [4.69, 9.17) is 4.74 Å². The van der Waals surface area contributed by atoms with Crippen LogP contribution in [0.1, 0.15) is 27.8 Å². The van der Waals surface area contributed by atoms with Crippen LogP contribution in [0.15, 0.2) is 54.7 Å². The van der Waals surface area contributed by atoms with Crippen molar-refractivity contribution in [1.82, 2.24) is 14.3 Å². The molecule has 0 aliphatic rings. The van der Waals surface area contributed by atoms with Crippen LogP contribution in [-0.4, -0.2) is 40.3 Å². The summed E-state index contributed by atoms with van der Waals surface area (Å²) in [5.41, 5.74) is 2.39. The molecule has 3 rings (SSSR count). The standard InChI is InChI=1S/C19H19N3O3/c1-13-8-7-11-16-20-15(12-22(13)16)19(24)25-17(18(23)21(2)3)14-9-5-4-6-10-14/h4-12,17H,1-3H3/t17-/m1/s1. The molecule has 3 aromatic rings. The molecule has 128 valence electrons. The summed E-state index contributed by atoms with van der Waals surface area (Å²) < 4.78 is 7.32. The van der Waals surface area contributed by atoms with E-state index in [9.17, 15) is 9.59 Å². The Hall–Kier alpha value is -3.15. The lowest BCUT2D eigenvalue weighted by Crippen LogP contribution is -2.31. The number of hydrogen-bond acceptors (Lipinski definition) is 4. The summed E-state index contributed by atoms with van der Waals surface area (Å²) in [6, 6.07) is 14.6. The largest absolute Gasteiger partial charge is 0.443 e. The maximum atomic E-state index is 12.6. The van der Waals surface area contributed by atoms with Gasteiger partial charge in [-0.25, -0.2) is 9.78 Å². The Labute approximate surface area is 145 Å². The fourth-order valence-corrected chi connectivity index (χ4v) is 2.54. The van der Waals surface area contributed by atoms with E-state index in [1.807, 2.05) is 35.6 Å². The van der Waals surface area contributed by atoms with Crippen molar-refractivity contribution in [1.29, 1.82) is 0 Å². The molecule has 0 radical (unpaired) electrons. The highest BCUT2D eigenvalue weighted by Gasteiger charge is 2.28. The molecule has 0 aliphatic heterocycles. The molecule has 1 atom stereocenters. The van der Waals surface area contributed by atoms with Crippen molar-refractivity contribution in [3.8, 4) is 0 Å². The Morgan fingerprint density at radius 2 is 1.80 bits per heavy atom. The van der Waals surface area contributed by atoms with Gasteiger partial charge in [0.25, 0.3) is 5.91 Å². The molecule has 0 saturated heterocycles. The molecule has 0 spiro atoms. The van der Waals surface area contributed by atoms with Gasteiger partial charge in [-0.3, -0.25) is 4.79 Å². The lowest BCUT2D eigenvalue weighted by atomic mass is 10.1. The Bertz CT molecular complexity index is 916. The minimum absolute atomic E-state index is 0.168. The van der Waals surface area contributed by atoms with Crippen LogP contribution in [0.5, 0.6) is 0 Å². The molecule has 2 aromatic heterocycles. The van der Waals surface area contributed by atoms with Crippen LogP contribution in [0, 0.1) is 6.92 Å². The number of nitrogens with zero attached hydrogens (tertiary/aromatic N) is 3. The molecule has 0 aliphatic carbocycles. The second kappa shape index (κ2) is 6.76. The molecule has 0 saturated carbocycles. The molecule has 2 heterocycles. The first-order valence-corrected chi connectivity index (χ1v) is 7.89. The molecular weight excluding hydrogens is 318 g/mol. The van der Waals surface area contributed by atoms with E-state index in [0.717, 1.165) is 5.69 Å². The predicted molar refractivity (Wildman–Crippen MR) is 93.2 cm³/mol. The van der Waals surface area contributed by atoms with E-state index < -0.39 is 12.1 Å². The predicted octanol–water partition coefficient (Wildman–Crippen LogP) is 2.63. The number of carbonyl (C=O) groups excluding carboxylic acids is 2. The summed E-state index contributed by atoms with van der Waals surface area (Å²) in [6.45, 7) is 1.92. The smallest absolute Gasteiger partial charge is 0.359 e. The number of carbonyl (C=O) groups is 2. The molecular formula is C19H19N3O3. The van der Waals surface area contributed by atoms with Crippen molar-refractivity contribution in [2.75, 3.05) is 14.1 Å². The van der Waals surface area contributed by atoms with Crippen LogP contribution >= 0.6 is 0 Å². The van der Waals surface area contributed by atoms with Gasteiger partial charge in [0.05, 0.1) is 0 Å². The van der Waals surface area contributed by atoms with E-state index in [0.29, 0.717) is 11.2 Å². The number of likely N-dealkylation sites (N-methyl/N-ethyl adjacent to an activating group) is 1. The summed E-state index contributed by atoms with van der Waals surface area (Å²) in [4.78, 5) is 30.7. The third-order valence-electron chi connectivity index (χ3n) is 3.90. The van der Waals surface area contributed by atoms with Crippen LogP contribution in [0.3, 0.4) is 0 Å². The van der Waals surface area contributed by atoms with E-state index >= 15 is 0 Å². The Kier molecular flexibility index (Phi) is 4.52. The summed E-state index contributed by atoms with van der Waals surface area (Å²) in [5.74, 6) is -0.938. The van der Waals surface area contributed by atoms with Gasteiger partial charge < -0.3 is 14.0 Å². The first-order chi connectivity index (χ1) is 12.0. The number of rotatable bonds is 4. The normalized spacial score (nSPS) is 12.0. The molecule has 0 bridgehead atoms. The molecule has 6 heteroatoms. The number of fused-ring (bicyclic) bond motifs is 1. The van der Waals surface area contributed by atoms with Crippen LogP contribution < -0.4 is 0 Å². The summed E-state index contributed by atoms with van der Waals surface area (Å²) in [6.07, 6.45) is 0.615. The zero-order valence-electron chi connectivity index (χ0n) is 14.3. The number of hydrogen-bond donors (Lipinski definition) is 0. The van der Waals surface area contributed by atoms with E-state index in [2.05, 4.69) is 4.98 Å². The molecule has 25 heavy (non-hydrogen) atoms. The van der Waals surface area contributed by atoms with Gasteiger partial charge in [0.1, 0.15) is 5.65 Å².